The van der Waals surface area contributed by atoms with Crippen LogP contribution in [0.15, 0.2) is 0 Å². The molecule has 0 bridgehead atoms. The van der Waals surface area contributed by atoms with Gasteiger partial charge in [-0.15, -0.1) is 0 Å². The van der Waals surface area contributed by atoms with Crippen molar-refractivity contribution in [1.29, 1.82) is 5.26 Å². The second-order valence-corrected chi connectivity index (χ2v) is 5.53. The van der Waals surface area contributed by atoms with Crippen LogP contribution in [-0.2, 0) is 4.74 Å². The van der Waals surface area contributed by atoms with Crippen LogP contribution in [0, 0.1) is 23.2 Å². The fourth-order valence-corrected chi connectivity index (χ4v) is 2.63. The monoisotopic (exact) mass is 236 g/mol. The maximum Gasteiger partial charge on any atom is 0.133 e. The Labute approximate surface area is 105 Å². The van der Waals surface area contributed by atoms with E-state index in [2.05, 4.69) is 18.3 Å². The maximum absolute atomic E-state index is 9.39. The van der Waals surface area contributed by atoms with E-state index < -0.39 is 5.54 Å². The molecule has 1 unspecified atom stereocenters. The minimum Gasteiger partial charge on any atom is -0.378 e. The predicted octanol–water partition coefficient (Wildman–Crippen LogP) is 2.48. The second-order valence-electron chi connectivity index (χ2n) is 5.53. The summed E-state index contributed by atoms with van der Waals surface area (Å²) >= 11 is 0. The van der Waals surface area contributed by atoms with Crippen molar-refractivity contribution in [3.63, 3.8) is 0 Å². The molecule has 0 aromatic rings. The van der Waals surface area contributed by atoms with E-state index in [-0.39, 0.29) is 0 Å². The first-order valence-electron chi connectivity index (χ1n) is 7.05. The molecule has 2 aliphatic carbocycles. The molecule has 96 valence electrons. The van der Waals surface area contributed by atoms with Crippen LogP contribution in [0.5, 0.6) is 0 Å². The molecule has 0 saturated heterocycles. The molecule has 2 saturated carbocycles. The molecule has 0 heterocycles. The van der Waals surface area contributed by atoms with Gasteiger partial charge in [0.25, 0.3) is 0 Å². The summed E-state index contributed by atoms with van der Waals surface area (Å²) in [5.74, 6) is 1.41. The molecule has 0 amide bonds. The molecule has 0 spiro atoms. The number of ether oxygens (including phenoxy) is 1. The molecule has 0 aliphatic heterocycles. The Balaban J connectivity index is 1.70. The van der Waals surface area contributed by atoms with Gasteiger partial charge in [-0.05, 0) is 37.6 Å². The van der Waals surface area contributed by atoms with Crippen molar-refractivity contribution in [2.45, 2.75) is 51.0 Å². The van der Waals surface area contributed by atoms with Crippen LogP contribution < -0.4 is 5.32 Å². The summed E-state index contributed by atoms with van der Waals surface area (Å²) < 4.78 is 5.77. The van der Waals surface area contributed by atoms with Crippen molar-refractivity contribution in [2.75, 3.05) is 19.8 Å². The number of hydrogen-bond acceptors (Lipinski definition) is 3. The van der Waals surface area contributed by atoms with Gasteiger partial charge >= 0.3 is 0 Å². The van der Waals surface area contributed by atoms with Crippen molar-refractivity contribution in [3.8, 4) is 6.07 Å². The average molecular weight is 236 g/mol. The molecular formula is C14H24N2O. The van der Waals surface area contributed by atoms with Crippen LogP contribution in [-0.4, -0.2) is 25.3 Å². The van der Waals surface area contributed by atoms with Gasteiger partial charge in [0.05, 0.1) is 12.7 Å². The molecule has 0 aromatic carbocycles. The molecular weight excluding hydrogens is 212 g/mol. The first-order valence-corrected chi connectivity index (χ1v) is 7.05. The Morgan fingerprint density at radius 1 is 1.35 bits per heavy atom. The van der Waals surface area contributed by atoms with Gasteiger partial charge in [0.2, 0.25) is 0 Å². The highest BCUT2D eigenvalue weighted by Crippen LogP contribution is 2.39. The molecule has 0 aromatic heterocycles. The van der Waals surface area contributed by atoms with Gasteiger partial charge in [-0.2, -0.15) is 5.26 Å². The van der Waals surface area contributed by atoms with Crippen molar-refractivity contribution in [1.82, 2.24) is 5.32 Å². The molecule has 2 fully saturated rings. The summed E-state index contributed by atoms with van der Waals surface area (Å²) in [5, 5.41) is 12.7. The summed E-state index contributed by atoms with van der Waals surface area (Å²) in [6.07, 6.45) is 7.68. The standard InChI is InChI=1S/C14H24N2O/c1-2-16-14(10-15,13-6-7-13)11-17-9-8-12-4-3-5-12/h12-13,16H,2-9,11H2,1H3. The lowest BCUT2D eigenvalue weighted by atomic mass is 9.83. The number of hydrogen-bond donors (Lipinski definition) is 1. The molecule has 2 rings (SSSR count). The highest BCUT2D eigenvalue weighted by molar-refractivity contribution is 5.15. The zero-order chi connectivity index (χ0) is 12.1. The SMILES string of the molecule is CCNC(C#N)(COCCC1CCC1)C1CC1. The largest absolute Gasteiger partial charge is 0.378 e. The maximum atomic E-state index is 9.39. The van der Waals surface area contributed by atoms with E-state index in [1.807, 2.05) is 0 Å². The normalized spacial score (nSPS) is 23.8. The van der Waals surface area contributed by atoms with Crippen molar-refractivity contribution in [3.05, 3.63) is 0 Å². The smallest absolute Gasteiger partial charge is 0.133 e. The lowest BCUT2D eigenvalue weighted by molar-refractivity contribution is 0.0648. The number of nitrogens with one attached hydrogen (secondary N) is 1. The van der Waals surface area contributed by atoms with Gasteiger partial charge in [-0.3, -0.25) is 5.32 Å². The van der Waals surface area contributed by atoms with Gasteiger partial charge in [0.15, 0.2) is 0 Å². The van der Waals surface area contributed by atoms with E-state index in [1.54, 1.807) is 0 Å². The lowest BCUT2D eigenvalue weighted by Crippen LogP contribution is -2.50. The van der Waals surface area contributed by atoms with Gasteiger partial charge in [0.1, 0.15) is 5.54 Å². The summed E-state index contributed by atoms with van der Waals surface area (Å²) in [6, 6.07) is 2.46. The predicted molar refractivity (Wildman–Crippen MR) is 67.5 cm³/mol. The Kier molecular flexibility index (Phi) is 4.42. The van der Waals surface area contributed by atoms with Crippen LogP contribution in [0.25, 0.3) is 0 Å². The lowest BCUT2D eigenvalue weighted by Gasteiger charge is -2.29. The molecule has 17 heavy (non-hydrogen) atoms. The first kappa shape index (κ1) is 12.9. The van der Waals surface area contributed by atoms with Crippen LogP contribution in [0.3, 0.4) is 0 Å². The highest BCUT2D eigenvalue weighted by Gasteiger charge is 2.45. The van der Waals surface area contributed by atoms with E-state index in [1.165, 1.54) is 38.5 Å². The minimum atomic E-state index is -0.408. The Hall–Kier alpha value is -0.590. The van der Waals surface area contributed by atoms with Crippen molar-refractivity contribution >= 4 is 0 Å². The van der Waals surface area contributed by atoms with E-state index in [0.29, 0.717) is 12.5 Å². The third-order valence-electron chi connectivity index (χ3n) is 4.19. The molecule has 2 aliphatic rings. The average Bonchev–Trinajstić information content (AvgIpc) is 3.09. The van der Waals surface area contributed by atoms with Crippen LogP contribution in [0.4, 0.5) is 0 Å². The molecule has 1 atom stereocenters. The van der Waals surface area contributed by atoms with E-state index >= 15 is 0 Å². The van der Waals surface area contributed by atoms with Gasteiger partial charge in [-0.25, -0.2) is 0 Å². The van der Waals surface area contributed by atoms with Crippen LogP contribution in [0.2, 0.25) is 0 Å². The Bertz CT molecular complexity index is 278. The van der Waals surface area contributed by atoms with Gasteiger partial charge in [-0.1, -0.05) is 26.2 Å². The fraction of sp³-hybridized carbons (Fsp3) is 0.929. The van der Waals surface area contributed by atoms with E-state index in [4.69, 9.17) is 4.74 Å². The molecule has 1 N–H and O–H groups in total. The van der Waals surface area contributed by atoms with Crippen molar-refractivity contribution < 1.29 is 4.74 Å². The van der Waals surface area contributed by atoms with E-state index in [9.17, 15) is 5.26 Å². The van der Waals surface area contributed by atoms with Crippen LogP contribution in [0.1, 0.15) is 45.4 Å². The van der Waals surface area contributed by atoms with Gasteiger partial charge in [0, 0.05) is 6.61 Å². The minimum absolute atomic E-state index is 0.408. The highest BCUT2D eigenvalue weighted by atomic mass is 16.5. The molecule has 0 radical (unpaired) electrons. The Morgan fingerprint density at radius 2 is 2.12 bits per heavy atom. The zero-order valence-electron chi connectivity index (χ0n) is 10.9. The summed E-state index contributed by atoms with van der Waals surface area (Å²) in [6.45, 7) is 4.29. The van der Waals surface area contributed by atoms with Crippen molar-refractivity contribution in [2.24, 2.45) is 11.8 Å². The Morgan fingerprint density at radius 3 is 2.59 bits per heavy atom. The number of nitrogens with zero attached hydrogens (tertiary/aromatic N) is 1. The third kappa shape index (κ3) is 3.20. The topological polar surface area (TPSA) is 45.0 Å². The number of rotatable bonds is 8. The second kappa shape index (κ2) is 5.84. The third-order valence-corrected chi connectivity index (χ3v) is 4.19. The first-order chi connectivity index (χ1) is 8.30. The number of nitriles is 1. The summed E-state index contributed by atoms with van der Waals surface area (Å²) in [5.41, 5.74) is -0.408. The van der Waals surface area contributed by atoms with E-state index in [0.717, 1.165) is 19.1 Å². The van der Waals surface area contributed by atoms with Gasteiger partial charge < -0.3 is 4.74 Å². The fourth-order valence-electron chi connectivity index (χ4n) is 2.63. The number of likely N-dealkylation sites (N-methyl/N-ethyl adjacent to an activating group) is 1. The zero-order valence-corrected chi connectivity index (χ0v) is 10.9. The molecule has 3 nitrogen and oxygen atoms in total. The summed E-state index contributed by atoms with van der Waals surface area (Å²) in [7, 11) is 0. The van der Waals surface area contributed by atoms with Crippen LogP contribution >= 0.6 is 0 Å². The molecule has 3 heteroatoms. The summed E-state index contributed by atoms with van der Waals surface area (Å²) in [4.78, 5) is 0. The quantitative estimate of drug-likeness (QED) is 0.658.